The highest BCUT2D eigenvalue weighted by Gasteiger charge is 1.24. The zero-order chi connectivity index (χ0) is 4.71. The van der Waals surface area contributed by atoms with Crippen LogP contribution in [0, 0.1) is 0 Å². The van der Waals surface area contributed by atoms with Crippen LogP contribution in [0.25, 0.3) is 0 Å². The first-order valence-electron chi connectivity index (χ1n) is 1.10. The van der Waals surface area contributed by atoms with Gasteiger partial charge in [-0.2, -0.15) is 0 Å². The summed E-state index contributed by atoms with van der Waals surface area (Å²) in [7, 11) is 0. The molecule has 0 rings (SSSR count). The van der Waals surface area contributed by atoms with Crippen LogP contribution in [0.1, 0.15) is 6.92 Å². The van der Waals surface area contributed by atoms with E-state index in [0.717, 1.165) is 6.29 Å². The first kappa shape index (κ1) is 8.84. The highest BCUT2D eigenvalue weighted by atomic mass is 16.1. The third kappa shape index (κ3) is 13.8. The molecule has 0 aromatic rings. The zero-order valence-corrected chi connectivity index (χ0v) is 3.10. The van der Waals surface area contributed by atoms with Crippen molar-refractivity contribution in [2.45, 2.75) is 6.92 Å². The molecule has 0 N–H and O–H groups in total. The van der Waals surface area contributed by atoms with Gasteiger partial charge in [0.25, 0.3) is 0 Å². The summed E-state index contributed by atoms with van der Waals surface area (Å²) in [4.78, 5) is 16.8. The minimum atomic E-state index is 0.750. The van der Waals surface area contributed by atoms with Crippen LogP contribution in [0.5, 0.6) is 0 Å². The fourth-order valence-corrected chi connectivity index (χ4v) is 0. The molecule has 0 spiro atoms. The lowest BCUT2D eigenvalue weighted by atomic mass is 11.0. The number of hydrogen-bond donors (Lipinski definition) is 0. The summed E-state index contributed by atoms with van der Waals surface area (Å²) in [5.74, 6) is 0. The van der Waals surface area contributed by atoms with Gasteiger partial charge in [-0.05, 0) is 6.92 Å². The number of aldehydes is 1. The molecule has 30 valence electrons. The van der Waals surface area contributed by atoms with Crippen molar-refractivity contribution < 1.29 is 9.59 Å². The molecule has 0 bridgehead atoms. The number of hydrogen-bond acceptors (Lipinski definition) is 2. The van der Waals surface area contributed by atoms with Crippen LogP contribution in [-0.4, -0.2) is 13.1 Å². The first-order chi connectivity index (χ1) is 2.41. The molecule has 0 radical (unpaired) electrons. The van der Waals surface area contributed by atoms with E-state index in [2.05, 4.69) is 0 Å². The fraction of sp³-hybridized carbons (Fsp3) is 0.333. The van der Waals surface area contributed by atoms with Crippen LogP contribution in [0.15, 0.2) is 0 Å². The van der Waals surface area contributed by atoms with Crippen molar-refractivity contribution in [3.8, 4) is 0 Å². The second kappa shape index (κ2) is 158. The van der Waals surface area contributed by atoms with Gasteiger partial charge in [0.15, 0.2) is 0 Å². The largest absolute Gasteiger partial charge is 0.307 e. The molecular weight excluding hydrogens is 68.0 g/mol. The van der Waals surface area contributed by atoms with E-state index in [1.807, 2.05) is 6.79 Å². The fourth-order valence-electron chi connectivity index (χ4n) is 0. The second-order valence-corrected chi connectivity index (χ2v) is 0.236. The topological polar surface area (TPSA) is 34.1 Å². The highest BCUT2D eigenvalue weighted by Crippen LogP contribution is 1.13. The summed E-state index contributed by atoms with van der Waals surface area (Å²) in [6, 6.07) is 0. The van der Waals surface area contributed by atoms with Crippen LogP contribution in [0.4, 0.5) is 0 Å². The molecule has 0 aromatic carbocycles. The normalized spacial score (nSPS) is 3.40. The molecule has 0 saturated carbocycles. The van der Waals surface area contributed by atoms with Crippen molar-refractivity contribution in [2.24, 2.45) is 0 Å². The molecule has 0 fully saturated rings. The standard InChI is InChI=1S/C2H4O.CH2O/c1-2-3;1-2/h2H,1H3;1H2. The molecule has 0 aromatic heterocycles. The van der Waals surface area contributed by atoms with Crippen molar-refractivity contribution in [3.05, 3.63) is 0 Å². The Labute approximate surface area is 30.8 Å². The molecule has 2 nitrogen and oxygen atoms in total. The molecule has 0 amide bonds. The van der Waals surface area contributed by atoms with Crippen LogP contribution < -0.4 is 0 Å². The van der Waals surface area contributed by atoms with Gasteiger partial charge >= 0.3 is 0 Å². The maximum Gasteiger partial charge on any atom is 0.116 e. The van der Waals surface area contributed by atoms with Gasteiger partial charge in [0.05, 0.1) is 0 Å². The van der Waals surface area contributed by atoms with Crippen LogP contribution >= 0.6 is 0 Å². The number of rotatable bonds is 0. The van der Waals surface area contributed by atoms with E-state index >= 15 is 0 Å². The third-order valence-corrected chi connectivity index (χ3v) is 0. The van der Waals surface area contributed by atoms with Gasteiger partial charge in [-0.1, -0.05) is 0 Å². The molecule has 0 saturated heterocycles. The smallest absolute Gasteiger partial charge is 0.116 e. The predicted molar refractivity (Wildman–Crippen MR) is 18.9 cm³/mol. The summed E-state index contributed by atoms with van der Waals surface area (Å²) < 4.78 is 0. The van der Waals surface area contributed by atoms with Crippen LogP contribution in [-0.2, 0) is 9.59 Å². The Kier molecular flexibility index (Phi) is 280. The molecule has 0 aliphatic heterocycles. The third-order valence-electron chi connectivity index (χ3n) is 0. The lowest BCUT2D eigenvalue weighted by molar-refractivity contribution is -0.106. The van der Waals surface area contributed by atoms with Gasteiger partial charge in [0.2, 0.25) is 0 Å². The highest BCUT2D eigenvalue weighted by molar-refractivity contribution is 5.44. The van der Waals surface area contributed by atoms with Crippen molar-refractivity contribution in [2.75, 3.05) is 0 Å². The van der Waals surface area contributed by atoms with Crippen molar-refractivity contribution in [3.63, 3.8) is 0 Å². The summed E-state index contributed by atoms with van der Waals surface area (Å²) in [6.07, 6.45) is 0.750. The summed E-state index contributed by atoms with van der Waals surface area (Å²) in [6.45, 7) is 3.44. The van der Waals surface area contributed by atoms with Gasteiger partial charge in [-0.3, -0.25) is 0 Å². The summed E-state index contributed by atoms with van der Waals surface area (Å²) >= 11 is 0. The predicted octanol–water partition coefficient (Wildman–Crippen LogP) is 0.0203. The monoisotopic (exact) mass is 74.0 g/mol. The average molecular weight is 74.1 g/mol. The molecule has 0 heterocycles. The summed E-state index contributed by atoms with van der Waals surface area (Å²) in [5.41, 5.74) is 0. The Morgan fingerprint density at radius 1 is 1.60 bits per heavy atom. The van der Waals surface area contributed by atoms with Gasteiger partial charge in [0.1, 0.15) is 13.1 Å². The Bertz CT molecular complexity index is 18.9. The Hall–Kier alpha value is -0.660. The molecular formula is C3H6O2. The molecule has 5 heavy (non-hydrogen) atoms. The van der Waals surface area contributed by atoms with Gasteiger partial charge in [-0.15, -0.1) is 0 Å². The Balaban J connectivity index is 0. The van der Waals surface area contributed by atoms with E-state index in [0.29, 0.717) is 0 Å². The maximum atomic E-state index is 8.81. The maximum absolute atomic E-state index is 8.81. The quantitative estimate of drug-likeness (QED) is 0.379. The van der Waals surface area contributed by atoms with E-state index in [1.165, 1.54) is 6.92 Å². The number of carbonyl (C=O) groups excluding carboxylic acids is 2. The molecule has 2 heteroatoms. The molecule has 0 aliphatic carbocycles. The SMILES string of the molecule is C=O.CC=O. The van der Waals surface area contributed by atoms with Gasteiger partial charge in [-0.25, -0.2) is 0 Å². The van der Waals surface area contributed by atoms with Crippen molar-refractivity contribution >= 4 is 13.1 Å². The van der Waals surface area contributed by atoms with E-state index in [1.54, 1.807) is 0 Å². The van der Waals surface area contributed by atoms with Crippen molar-refractivity contribution in [1.82, 2.24) is 0 Å². The number of carbonyl (C=O) groups is 2. The van der Waals surface area contributed by atoms with Crippen molar-refractivity contribution in [1.29, 1.82) is 0 Å². The van der Waals surface area contributed by atoms with E-state index in [9.17, 15) is 0 Å². The minimum absolute atomic E-state index is 0.750. The Morgan fingerprint density at radius 2 is 1.60 bits per heavy atom. The van der Waals surface area contributed by atoms with Gasteiger partial charge in [0, 0.05) is 0 Å². The lowest BCUT2D eigenvalue weighted by Crippen LogP contribution is -1.36. The second-order valence-electron chi connectivity index (χ2n) is 0.236. The van der Waals surface area contributed by atoms with E-state index in [-0.39, 0.29) is 0 Å². The molecule has 0 aliphatic rings. The van der Waals surface area contributed by atoms with Crippen LogP contribution in [0.2, 0.25) is 0 Å². The van der Waals surface area contributed by atoms with Crippen LogP contribution in [0.3, 0.4) is 0 Å². The average Bonchev–Trinajstić information content (AvgIpc) is 1.46. The molecule has 0 atom stereocenters. The Morgan fingerprint density at radius 3 is 1.60 bits per heavy atom. The van der Waals surface area contributed by atoms with Gasteiger partial charge < -0.3 is 9.59 Å². The molecule has 0 unspecified atom stereocenters. The lowest BCUT2D eigenvalue weighted by Gasteiger charge is -1.23. The summed E-state index contributed by atoms with van der Waals surface area (Å²) in [5, 5.41) is 0. The zero-order valence-electron chi connectivity index (χ0n) is 3.10. The van der Waals surface area contributed by atoms with E-state index in [4.69, 9.17) is 9.59 Å². The minimum Gasteiger partial charge on any atom is -0.307 e. The first-order valence-corrected chi connectivity index (χ1v) is 1.10. The van der Waals surface area contributed by atoms with E-state index < -0.39 is 0 Å².